The van der Waals surface area contributed by atoms with Gasteiger partial charge in [0.15, 0.2) is 0 Å². The summed E-state index contributed by atoms with van der Waals surface area (Å²) in [7, 11) is 0. The number of quaternary nitrogens is 1. The molecule has 2 rings (SSSR count). The van der Waals surface area contributed by atoms with Crippen molar-refractivity contribution in [3.8, 4) is 5.75 Å². The van der Waals surface area contributed by atoms with E-state index in [1.165, 1.54) is 6.07 Å². The summed E-state index contributed by atoms with van der Waals surface area (Å²) in [6.07, 6.45) is -4.02. The highest BCUT2D eigenvalue weighted by molar-refractivity contribution is 5.29. The van der Waals surface area contributed by atoms with E-state index in [2.05, 4.69) is 10.3 Å². The van der Waals surface area contributed by atoms with Crippen molar-refractivity contribution >= 4 is 5.82 Å². The number of halogens is 3. The molecule has 5 nitrogen and oxygen atoms in total. The van der Waals surface area contributed by atoms with Gasteiger partial charge in [-0.15, -0.1) is 0 Å². The molecule has 0 amide bonds. The lowest BCUT2D eigenvalue weighted by Crippen LogP contribution is -2.87. The summed E-state index contributed by atoms with van der Waals surface area (Å²) >= 11 is 0. The summed E-state index contributed by atoms with van der Waals surface area (Å²) in [5, 5.41) is 14.7. The Balaban J connectivity index is 1.58. The molecule has 1 atom stereocenters. The number of benzene rings is 1. The van der Waals surface area contributed by atoms with E-state index in [1.54, 1.807) is 0 Å². The minimum absolute atomic E-state index is 0.209. The van der Waals surface area contributed by atoms with Crippen LogP contribution in [-0.4, -0.2) is 37.5 Å². The molecule has 0 saturated heterocycles. The molecule has 5 N–H and O–H groups in total. The molecular formula is C17H22F3N3O2+2. The van der Waals surface area contributed by atoms with Gasteiger partial charge in [0.1, 0.15) is 44.3 Å². The quantitative estimate of drug-likeness (QED) is 0.585. The lowest BCUT2D eigenvalue weighted by atomic mass is 10.3. The van der Waals surface area contributed by atoms with Crippen LogP contribution in [0.15, 0.2) is 48.7 Å². The first kappa shape index (κ1) is 19.0. The molecule has 1 aromatic carbocycles. The molecule has 0 unspecified atom stereocenters. The predicted octanol–water partition coefficient (Wildman–Crippen LogP) is 0.935. The van der Waals surface area contributed by atoms with Crippen molar-refractivity contribution in [1.29, 1.82) is 0 Å². The number of para-hydroxylation sites is 1. The van der Waals surface area contributed by atoms with Crippen molar-refractivity contribution in [2.45, 2.75) is 12.3 Å². The number of aliphatic hydroxyl groups excluding tert-OH is 1. The highest BCUT2D eigenvalue weighted by atomic mass is 19.4. The van der Waals surface area contributed by atoms with Crippen molar-refractivity contribution in [1.82, 2.24) is 0 Å². The first-order valence-corrected chi connectivity index (χ1v) is 7.95. The van der Waals surface area contributed by atoms with Crippen LogP contribution in [0.4, 0.5) is 19.0 Å². The number of pyridine rings is 1. The molecule has 0 aliphatic rings. The number of hydrogen-bond acceptors (Lipinski definition) is 3. The minimum Gasteiger partial charge on any atom is -0.491 e. The van der Waals surface area contributed by atoms with Gasteiger partial charge >= 0.3 is 6.18 Å². The number of nitrogens with two attached hydrogens (primary N) is 1. The van der Waals surface area contributed by atoms with E-state index in [-0.39, 0.29) is 6.61 Å². The third-order valence-corrected chi connectivity index (χ3v) is 3.43. The van der Waals surface area contributed by atoms with E-state index in [4.69, 9.17) is 4.74 Å². The van der Waals surface area contributed by atoms with E-state index >= 15 is 0 Å². The monoisotopic (exact) mass is 357 g/mol. The van der Waals surface area contributed by atoms with Crippen molar-refractivity contribution in [3.63, 3.8) is 0 Å². The van der Waals surface area contributed by atoms with Gasteiger partial charge in [-0.3, -0.25) is 5.32 Å². The first-order valence-electron chi connectivity index (χ1n) is 7.95. The Hall–Kier alpha value is -2.32. The second-order valence-electron chi connectivity index (χ2n) is 5.51. The second-order valence-corrected chi connectivity index (χ2v) is 5.51. The zero-order valence-electron chi connectivity index (χ0n) is 13.6. The van der Waals surface area contributed by atoms with E-state index in [0.717, 1.165) is 12.3 Å². The lowest BCUT2D eigenvalue weighted by molar-refractivity contribution is -0.658. The van der Waals surface area contributed by atoms with Crippen LogP contribution in [0.25, 0.3) is 0 Å². The first-order chi connectivity index (χ1) is 11.9. The van der Waals surface area contributed by atoms with Crippen molar-refractivity contribution in [3.05, 3.63) is 54.2 Å². The van der Waals surface area contributed by atoms with E-state index in [1.807, 2.05) is 35.6 Å². The smallest absolute Gasteiger partial charge is 0.419 e. The SMILES string of the molecule is O[C@H](C[NH2+]CCNc1ccc(C(F)(F)F)c[nH+]1)COc1ccccc1. The minimum atomic E-state index is -4.35. The number of aliphatic hydroxyl groups is 1. The van der Waals surface area contributed by atoms with Gasteiger partial charge in [-0.25, -0.2) is 4.98 Å². The average molecular weight is 357 g/mol. The third-order valence-electron chi connectivity index (χ3n) is 3.43. The number of ether oxygens (including phenoxy) is 1. The molecule has 0 bridgehead atoms. The average Bonchev–Trinajstić information content (AvgIpc) is 2.60. The van der Waals surface area contributed by atoms with Gasteiger partial charge in [-0.2, -0.15) is 13.2 Å². The van der Waals surface area contributed by atoms with Gasteiger partial charge in [0.05, 0.1) is 5.56 Å². The fourth-order valence-corrected chi connectivity index (χ4v) is 2.11. The number of H-pyrrole nitrogens is 1. The Morgan fingerprint density at radius 3 is 2.56 bits per heavy atom. The summed E-state index contributed by atoms with van der Waals surface area (Å²) < 4.78 is 42.8. The number of anilines is 1. The number of aromatic nitrogens is 1. The van der Waals surface area contributed by atoms with Gasteiger partial charge in [0.25, 0.3) is 5.82 Å². The molecular weight excluding hydrogens is 335 g/mol. The summed E-state index contributed by atoms with van der Waals surface area (Å²) in [6, 6.07) is 11.6. The Labute approximate surface area is 143 Å². The maximum absolute atomic E-state index is 12.4. The van der Waals surface area contributed by atoms with E-state index < -0.39 is 17.8 Å². The van der Waals surface area contributed by atoms with Crippen LogP contribution in [0.2, 0.25) is 0 Å². The molecule has 25 heavy (non-hydrogen) atoms. The number of nitrogens with one attached hydrogen (secondary N) is 2. The predicted molar refractivity (Wildman–Crippen MR) is 86.1 cm³/mol. The molecule has 1 aromatic heterocycles. The summed E-state index contributed by atoms with van der Waals surface area (Å²) in [5.41, 5.74) is -0.717. The maximum Gasteiger partial charge on any atom is 0.419 e. The summed E-state index contributed by atoms with van der Waals surface area (Å²) in [5.74, 6) is 1.22. The third kappa shape index (κ3) is 6.98. The number of rotatable bonds is 9. The van der Waals surface area contributed by atoms with Crippen LogP contribution in [0.5, 0.6) is 5.75 Å². The molecule has 0 saturated carbocycles. The summed E-state index contributed by atoms with van der Waals surface area (Å²) in [6.45, 7) is 1.90. The Bertz CT molecular complexity index is 621. The molecule has 0 spiro atoms. The summed E-state index contributed by atoms with van der Waals surface area (Å²) in [4.78, 5) is 2.57. The van der Waals surface area contributed by atoms with Gasteiger partial charge in [-0.1, -0.05) is 18.2 Å². The molecule has 0 aliphatic heterocycles. The fourth-order valence-electron chi connectivity index (χ4n) is 2.11. The molecule has 1 heterocycles. The number of alkyl halides is 3. The Kier molecular flexibility index (Phi) is 7.03. The zero-order valence-corrected chi connectivity index (χ0v) is 13.6. The van der Waals surface area contributed by atoms with Gasteiger partial charge < -0.3 is 15.2 Å². The zero-order chi connectivity index (χ0) is 18.1. The molecule has 136 valence electrons. The Morgan fingerprint density at radius 1 is 1.16 bits per heavy atom. The molecule has 0 aliphatic carbocycles. The fraction of sp³-hybridized carbons (Fsp3) is 0.353. The highest BCUT2D eigenvalue weighted by Crippen LogP contribution is 2.27. The molecule has 0 fully saturated rings. The van der Waals surface area contributed by atoms with Gasteiger partial charge in [0.2, 0.25) is 0 Å². The van der Waals surface area contributed by atoms with Crippen molar-refractivity contribution in [2.75, 3.05) is 31.6 Å². The van der Waals surface area contributed by atoms with Crippen LogP contribution in [-0.2, 0) is 6.18 Å². The second kappa shape index (κ2) is 9.24. The molecule has 2 aromatic rings. The van der Waals surface area contributed by atoms with Crippen LogP contribution < -0.4 is 20.4 Å². The molecule has 0 radical (unpaired) electrons. The number of aromatic amines is 1. The lowest BCUT2D eigenvalue weighted by Gasteiger charge is -2.11. The standard InChI is InChI=1S/C17H20F3N3O2/c18-17(19,20)13-6-7-16(23-10-13)22-9-8-21-11-14(24)12-25-15-4-2-1-3-5-15/h1-7,10,14,21,24H,8-9,11-12H2,(H,22,23)/p+2/t14-/m1/s1. The van der Waals surface area contributed by atoms with Crippen LogP contribution in [0, 0.1) is 0 Å². The van der Waals surface area contributed by atoms with Crippen LogP contribution >= 0.6 is 0 Å². The normalized spacial score (nSPS) is 12.6. The largest absolute Gasteiger partial charge is 0.491 e. The van der Waals surface area contributed by atoms with Gasteiger partial charge in [-0.05, 0) is 18.2 Å². The van der Waals surface area contributed by atoms with Crippen LogP contribution in [0.3, 0.4) is 0 Å². The molecule has 8 heteroatoms. The maximum atomic E-state index is 12.4. The van der Waals surface area contributed by atoms with Gasteiger partial charge in [0, 0.05) is 6.07 Å². The van der Waals surface area contributed by atoms with E-state index in [0.29, 0.717) is 31.2 Å². The topological polar surface area (TPSA) is 72.2 Å². The Morgan fingerprint density at radius 2 is 1.92 bits per heavy atom. The van der Waals surface area contributed by atoms with Crippen LogP contribution in [0.1, 0.15) is 5.56 Å². The van der Waals surface area contributed by atoms with Crippen molar-refractivity contribution in [2.24, 2.45) is 0 Å². The van der Waals surface area contributed by atoms with E-state index in [9.17, 15) is 18.3 Å². The number of hydrogen-bond donors (Lipinski definition) is 3. The van der Waals surface area contributed by atoms with Crippen molar-refractivity contribution < 1.29 is 33.3 Å². The highest BCUT2D eigenvalue weighted by Gasteiger charge is 2.31.